The van der Waals surface area contributed by atoms with E-state index in [1.54, 1.807) is 0 Å². The highest BCUT2D eigenvalue weighted by Gasteiger charge is 2.07. The zero-order valence-electron chi connectivity index (χ0n) is 12.4. The molecule has 0 fully saturated rings. The van der Waals surface area contributed by atoms with Crippen molar-refractivity contribution >= 4 is 0 Å². The summed E-state index contributed by atoms with van der Waals surface area (Å²) in [4.78, 5) is 0. The van der Waals surface area contributed by atoms with E-state index in [9.17, 15) is 0 Å². The molecule has 1 aromatic carbocycles. The van der Waals surface area contributed by atoms with Crippen molar-refractivity contribution in [3.63, 3.8) is 0 Å². The molecule has 0 aliphatic heterocycles. The predicted molar refractivity (Wildman–Crippen MR) is 81.3 cm³/mol. The second-order valence-electron chi connectivity index (χ2n) is 5.37. The van der Waals surface area contributed by atoms with Crippen molar-refractivity contribution in [3.05, 3.63) is 58.9 Å². The van der Waals surface area contributed by atoms with Gasteiger partial charge in [0.15, 0.2) is 0 Å². The third kappa shape index (κ3) is 3.49. The van der Waals surface area contributed by atoms with E-state index < -0.39 is 0 Å². The Morgan fingerprint density at radius 3 is 2.75 bits per heavy atom. The number of nitrogens with zero attached hydrogens (tertiary/aromatic N) is 2. The topological polar surface area (TPSA) is 40.8 Å². The van der Waals surface area contributed by atoms with Crippen LogP contribution in [0.1, 0.15) is 29.3 Å². The number of nitrogens with one attached hydrogen (secondary N) is 1. The number of aromatic nitrogens is 1. The molecule has 0 saturated heterocycles. The molecule has 3 nitrogen and oxygen atoms in total. The van der Waals surface area contributed by atoms with E-state index in [0.29, 0.717) is 11.7 Å². The Kier molecular flexibility index (Phi) is 4.60. The lowest BCUT2D eigenvalue weighted by molar-refractivity contribution is 0.544. The van der Waals surface area contributed by atoms with E-state index in [-0.39, 0.29) is 0 Å². The number of aryl methyl sites for hydroxylation is 2. The van der Waals surface area contributed by atoms with Crippen LogP contribution in [-0.4, -0.2) is 10.6 Å². The Bertz CT molecular complexity index is 619. The average molecular weight is 267 g/mol. The molecule has 104 valence electrons. The summed E-state index contributed by atoms with van der Waals surface area (Å²) in [5, 5.41) is 12.5. The zero-order chi connectivity index (χ0) is 14.5. The van der Waals surface area contributed by atoms with Crippen LogP contribution in [0, 0.1) is 18.3 Å². The summed E-state index contributed by atoms with van der Waals surface area (Å²) in [5.74, 6) is 0. The summed E-state index contributed by atoms with van der Waals surface area (Å²) in [6.45, 7) is 5.14. The third-order valence-corrected chi connectivity index (χ3v) is 3.62. The van der Waals surface area contributed by atoms with Crippen LogP contribution in [0.25, 0.3) is 0 Å². The Labute approximate surface area is 120 Å². The van der Waals surface area contributed by atoms with Crippen LogP contribution >= 0.6 is 0 Å². The minimum absolute atomic E-state index is 0.404. The number of benzene rings is 1. The lowest BCUT2D eigenvalue weighted by atomic mass is 10.0. The maximum absolute atomic E-state index is 8.94. The van der Waals surface area contributed by atoms with Gasteiger partial charge in [0.1, 0.15) is 11.8 Å². The van der Waals surface area contributed by atoms with E-state index >= 15 is 0 Å². The van der Waals surface area contributed by atoms with E-state index in [1.165, 1.54) is 11.1 Å². The lowest BCUT2D eigenvalue weighted by Crippen LogP contribution is -2.27. The second kappa shape index (κ2) is 6.40. The van der Waals surface area contributed by atoms with Crippen molar-refractivity contribution in [3.8, 4) is 6.07 Å². The summed E-state index contributed by atoms with van der Waals surface area (Å²) in [6, 6.07) is 13.0. The van der Waals surface area contributed by atoms with Gasteiger partial charge in [0, 0.05) is 25.8 Å². The molecular formula is C17H21N3. The molecule has 0 aliphatic carbocycles. The summed E-state index contributed by atoms with van der Waals surface area (Å²) < 4.78 is 1.86. The fourth-order valence-corrected chi connectivity index (χ4v) is 2.37. The van der Waals surface area contributed by atoms with Gasteiger partial charge in [0.05, 0.1) is 0 Å². The molecule has 1 aromatic heterocycles. The molecule has 0 bridgehead atoms. The van der Waals surface area contributed by atoms with Crippen molar-refractivity contribution in [2.45, 2.75) is 32.9 Å². The van der Waals surface area contributed by atoms with Crippen LogP contribution in [0.5, 0.6) is 0 Å². The van der Waals surface area contributed by atoms with Crippen molar-refractivity contribution in [2.75, 3.05) is 0 Å². The average Bonchev–Trinajstić information content (AvgIpc) is 2.79. The first-order valence-corrected chi connectivity index (χ1v) is 6.93. The zero-order valence-corrected chi connectivity index (χ0v) is 12.4. The molecule has 0 spiro atoms. The number of nitriles is 1. The van der Waals surface area contributed by atoms with Crippen molar-refractivity contribution in [2.24, 2.45) is 7.05 Å². The molecular weight excluding hydrogens is 246 g/mol. The molecule has 1 unspecified atom stereocenters. The molecule has 0 aliphatic rings. The molecule has 1 heterocycles. The van der Waals surface area contributed by atoms with Crippen LogP contribution in [0.3, 0.4) is 0 Å². The third-order valence-electron chi connectivity index (χ3n) is 3.62. The summed E-state index contributed by atoms with van der Waals surface area (Å²) >= 11 is 0. The highest BCUT2D eigenvalue weighted by atomic mass is 14.9. The van der Waals surface area contributed by atoms with Crippen LogP contribution in [0.2, 0.25) is 0 Å². The van der Waals surface area contributed by atoms with Crippen LogP contribution in [-0.2, 0) is 20.0 Å². The molecule has 20 heavy (non-hydrogen) atoms. The van der Waals surface area contributed by atoms with E-state index in [1.807, 2.05) is 23.9 Å². The standard InChI is InChI=1S/C17H21N3/c1-13-6-4-5-7-16(13)8-14(2)19-11-15-9-17(10-18)20(3)12-15/h4-7,9,12,14,19H,8,11H2,1-3H3. The lowest BCUT2D eigenvalue weighted by Gasteiger charge is -2.14. The van der Waals surface area contributed by atoms with Crippen molar-refractivity contribution in [1.82, 2.24) is 9.88 Å². The molecule has 2 rings (SSSR count). The van der Waals surface area contributed by atoms with Gasteiger partial charge in [0.2, 0.25) is 0 Å². The van der Waals surface area contributed by atoms with Gasteiger partial charge in [-0.1, -0.05) is 24.3 Å². The van der Waals surface area contributed by atoms with Gasteiger partial charge in [-0.25, -0.2) is 0 Å². The van der Waals surface area contributed by atoms with Crippen LogP contribution in [0.4, 0.5) is 0 Å². The van der Waals surface area contributed by atoms with Gasteiger partial charge in [-0.3, -0.25) is 0 Å². The minimum atomic E-state index is 0.404. The van der Waals surface area contributed by atoms with Gasteiger partial charge >= 0.3 is 0 Å². The normalized spacial score (nSPS) is 12.1. The van der Waals surface area contributed by atoms with Crippen LogP contribution < -0.4 is 5.32 Å². The SMILES string of the molecule is Cc1ccccc1CC(C)NCc1cc(C#N)n(C)c1. The number of rotatable bonds is 5. The summed E-state index contributed by atoms with van der Waals surface area (Å²) in [5.41, 5.74) is 4.58. The van der Waals surface area contributed by atoms with Crippen molar-refractivity contribution < 1.29 is 0 Å². The quantitative estimate of drug-likeness (QED) is 0.905. The molecule has 3 heteroatoms. The maximum atomic E-state index is 8.94. The Morgan fingerprint density at radius 1 is 1.35 bits per heavy atom. The Morgan fingerprint density at radius 2 is 2.10 bits per heavy atom. The molecule has 1 N–H and O–H groups in total. The van der Waals surface area contributed by atoms with Gasteiger partial charge in [-0.15, -0.1) is 0 Å². The Balaban J connectivity index is 1.91. The van der Waals surface area contributed by atoms with Gasteiger partial charge < -0.3 is 9.88 Å². The maximum Gasteiger partial charge on any atom is 0.120 e. The minimum Gasteiger partial charge on any atom is -0.342 e. The Hall–Kier alpha value is -2.05. The number of hydrogen-bond acceptors (Lipinski definition) is 2. The monoisotopic (exact) mass is 267 g/mol. The highest BCUT2D eigenvalue weighted by Crippen LogP contribution is 2.11. The molecule has 0 amide bonds. The summed E-state index contributed by atoms with van der Waals surface area (Å²) in [6.07, 6.45) is 3.02. The first-order chi connectivity index (χ1) is 9.60. The number of hydrogen-bond donors (Lipinski definition) is 1. The molecule has 1 atom stereocenters. The van der Waals surface area contributed by atoms with E-state index in [4.69, 9.17) is 5.26 Å². The van der Waals surface area contributed by atoms with Gasteiger partial charge in [-0.05, 0) is 43.0 Å². The molecule has 2 aromatic rings. The fourth-order valence-electron chi connectivity index (χ4n) is 2.37. The van der Waals surface area contributed by atoms with Gasteiger partial charge in [0.25, 0.3) is 0 Å². The van der Waals surface area contributed by atoms with Crippen molar-refractivity contribution in [1.29, 1.82) is 5.26 Å². The van der Waals surface area contributed by atoms with E-state index in [0.717, 1.165) is 18.5 Å². The molecule has 0 radical (unpaired) electrons. The second-order valence-corrected chi connectivity index (χ2v) is 5.37. The highest BCUT2D eigenvalue weighted by molar-refractivity contribution is 5.29. The first kappa shape index (κ1) is 14.4. The van der Waals surface area contributed by atoms with E-state index in [2.05, 4.69) is 49.5 Å². The van der Waals surface area contributed by atoms with Gasteiger partial charge in [-0.2, -0.15) is 5.26 Å². The molecule has 0 saturated carbocycles. The predicted octanol–water partition coefficient (Wildman–Crippen LogP) is 2.93. The smallest absolute Gasteiger partial charge is 0.120 e. The first-order valence-electron chi connectivity index (χ1n) is 6.93. The largest absolute Gasteiger partial charge is 0.342 e. The van der Waals surface area contributed by atoms with Crippen LogP contribution in [0.15, 0.2) is 36.5 Å². The summed E-state index contributed by atoms with van der Waals surface area (Å²) in [7, 11) is 1.90. The fraction of sp³-hybridized carbons (Fsp3) is 0.353.